The summed E-state index contributed by atoms with van der Waals surface area (Å²) in [5.74, 6) is -3.18. The van der Waals surface area contributed by atoms with Crippen LogP contribution in [0.5, 0.6) is 0 Å². The van der Waals surface area contributed by atoms with Crippen LogP contribution in [-0.2, 0) is 42.9 Å². The average Bonchev–Trinajstić information content (AvgIpc) is 3.31. The van der Waals surface area contributed by atoms with Crippen LogP contribution in [0.25, 0.3) is 0 Å². The van der Waals surface area contributed by atoms with Crippen molar-refractivity contribution in [3.63, 3.8) is 0 Å². The summed E-state index contributed by atoms with van der Waals surface area (Å²) in [5, 5.41) is 31.3. The molecule has 6 atom stereocenters. The summed E-state index contributed by atoms with van der Waals surface area (Å²) in [5.41, 5.74) is 0. The van der Waals surface area contributed by atoms with Crippen molar-refractivity contribution in [2.45, 2.75) is 250 Å². The molecule has 1 aliphatic rings. The highest BCUT2D eigenvalue weighted by molar-refractivity contribution is 5.74. The second kappa shape index (κ2) is 43.7. The van der Waals surface area contributed by atoms with Crippen molar-refractivity contribution < 1.29 is 58.2 Å². The second-order valence-corrected chi connectivity index (χ2v) is 17.8. The number of carboxylic acid groups (broad SMARTS) is 1. The van der Waals surface area contributed by atoms with E-state index in [4.69, 9.17) is 23.7 Å². The van der Waals surface area contributed by atoms with Crippen LogP contribution in [0.15, 0.2) is 60.8 Å². The summed E-state index contributed by atoms with van der Waals surface area (Å²) in [6.07, 6.45) is 39.3. The Morgan fingerprint density at radius 1 is 0.507 bits per heavy atom. The number of carboxylic acids is 1. The Balaban J connectivity index is 2.73. The van der Waals surface area contributed by atoms with Gasteiger partial charge < -0.3 is 39.0 Å². The molecule has 384 valence electrons. The number of allylic oxidation sites excluding steroid dienone is 10. The maximum atomic E-state index is 13.0. The Kier molecular flexibility index (Phi) is 40.1. The van der Waals surface area contributed by atoms with Crippen molar-refractivity contribution >= 4 is 23.9 Å². The van der Waals surface area contributed by atoms with Gasteiger partial charge in [0.25, 0.3) is 0 Å². The molecule has 0 saturated carbocycles. The first-order valence-corrected chi connectivity index (χ1v) is 26.3. The van der Waals surface area contributed by atoms with Gasteiger partial charge in [-0.2, -0.15) is 0 Å². The van der Waals surface area contributed by atoms with Gasteiger partial charge in [0.15, 0.2) is 24.6 Å². The Labute approximate surface area is 405 Å². The Hall–Kier alpha value is -3.58. The van der Waals surface area contributed by atoms with Gasteiger partial charge in [-0.15, -0.1) is 0 Å². The first kappa shape index (κ1) is 61.4. The standard InChI is InChI=1S/C55H92O12/c1-4-7-10-13-16-19-21-23-24-26-28-31-34-37-40-43-49(58)66-53-51(60)50(59)52(54(61)62)67-55(53)64-45-46(65-48(57)42-39-36-33-29-18-15-12-9-6-3)44-63-47(56)41-38-35-32-30-27-25-22-20-17-14-11-8-5-2/h8,11,16-17,19-20,23-25,27,46,50-53,55,59-60H,4-7,9-10,12-15,18,21-22,26,28-45H2,1-3H3,(H,61,62)/b11-8-,19-16-,20-17-,24-23-,27-25-. The molecule has 0 bridgehead atoms. The fraction of sp³-hybridized carbons (Fsp3) is 0.745. The number of aliphatic hydroxyl groups is 2. The Morgan fingerprint density at radius 3 is 1.48 bits per heavy atom. The monoisotopic (exact) mass is 945 g/mol. The van der Waals surface area contributed by atoms with Crippen LogP contribution in [0, 0.1) is 0 Å². The topological polar surface area (TPSA) is 175 Å². The van der Waals surface area contributed by atoms with Gasteiger partial charge in [0.1, 0.15) is 18.8 Å². The minimum Gasteiger partial charge on any atom is -0.479 e. The van der Waals surface area contributed by atoms with E-state index in [0.29, 0.717) is 19.3 Å². The Bertz CT molecular complexity index is 1400. The van der Waals surface area contributed by atoms with Gasteiger partial charge in [0.2, 0.25) is 0 Å². The maximum absolute atomic E-state index is 13.0. The highest BCUT2D eigenvalue weighted by Gasteiger charge is 2.50. The van der Waals surface area contributed by atoms with E-state index in [9.17, 15) is 34.5 Å². The van der Waals surface area contributed by atoms with Crippen LogP contribution in [0.2, 0.25) is 0 Å². The van der Waals surface area contributed by atoms with Gasteiger partial charge in [0.05, 0.1) is 6.61 Å². The molecule has 0 aromatic heterocycles. The molecule has 1 heterocycles. The van der Waals surface area contributed by atoms with E-state index in [0.717, 1.165) is 103 Å². The summed E-state index contributed by atoms with van der Waals surface area (Å²) in [6.45, 7) is 5.77. The fourth-order valence-corrected chi connectivity index (χ4v) is 7.53. The van der Waals surface area contributed by atoms with Crippen LogP contribution in [0.4, 0.5) is 0 Å². The fourth-order valence-electron chi connectivity index (χ4n) is 7.53. The molecule has 0 spiro atoms. The number of aliphatic hydroxyl groups excluding tert-OH is 2. The maximum Gasteiger partial charge on any atom is 0.335 e. The first-order chi connectivity index (χ1) is 32.6. The molecule has 0 aliphatic carbocycles. The van der Waals surface area contributed by atoms with Crippen molar-refractivity contribution in [3.05, 3.63) is 60.8 Å². The predicted octanol–water partition coefficient (Wildman–Crippen LogP) is 12.4. The average molecular weight is 945 g/mol. The van der Waals surface area contributed by atoms with E-state index >= 15 is 0 Å². The van der Waals surface area contributed by atoms with E-state index in [1.54, 1.807) is 0 Å². The molecular weight excluding hydrogens is 853 g/mol. The number of hydrogen-bond donors (Lipinski definition) is 3. The van der Waals surface area contributed by atoms with Crippen LogP contribution in [0.3, 0.4) is 0 Å². The third-order valence-electron chi connectivity index (χ3n) is 11.6. The molecule has 12 heteroatoms. The number of carbonyl (C=O) groups is 4. The SMILES string of the molecule is CC/C=C\C/C=C\C/C=C\CCCCCC(=O)OCC(COC1OC(C(=O)O)C(O)C(O)C1OC(=O)CCCCCCC/C=C\C/C=C\CCCCC)OC(=O)CCCCCCCCCCC. The quantitative estimate of drug-likeness (QED) is 0.0229. The van der Waals surface area contributed by atoms with E-state index in [-0.39, 0.29) is 25.9 Å². The lowest BCUT2D eigenvalue weighted by atomic mass is 9.98. The van der Waals surface area contributed by atoms with E-state index < -0.39 is 67.3 Å². The van der Waals surface area contributed by atoms with Gasteiger partial charge in [0, 0.05) is 19.3 Å². The molecule has 1 saturated heterocycles. The number of aliphatic carboxylic acids is 1. The molecule has 1 aliphatic heterocycles. The summed E-state index contributed by atoms with van der Waals surface area (Å²) in [4.78, 5) is 50.7. The van der Waals surface area contributed by atoms with Crippen molar-refractivity contribution in [2.24, 2.45) is 0 Å². The number of ether oxygens (including phenoxy) is 5. The van der Waals surface area contributed by atoms with Gasteiger partial charge in [-0.25, -0.2) is 4.79 Å². The zero-order valence-electron chi connectivity index (χ0n) is 41.9. The highest BCUT2D eigenvalue weighted by Crippen LogP contribution is 2.26. The smallest absolute Gasteiger partial charge is 0.335 e. The van der Waals surface area contributed by atoms with Crippen LogP contribution < -0.4 is 0 Å². The highest BCUT2D eigenvalue weighted by atomic mass is 16.7. The van der Waals surface area contributed by atoms with E-state index in [1.807, 2.05) is 0 Å². The lowest BCUT2D eigenvalue weighted by Gasteiger charge is -2.40. The number of carbonyl (C=O) groups excluding carboxylic acids is 3. The Morgan fingerprint density at radius 2 is 0.940 bits per heavy atom. The largest absolute Gasteiger partial charge is 0.479 e. The number of hydrogen-bond acceptors (Lipinski definition) is 11. The third kappa shape index (κ3) is 34.4. The first-order valence-electron chi connectivity index (χ1n) is 26.3. The number of unbranched alkanes of at least 4 members (excludes halogenated alkanes) is 19. The van der Waals surface area contributed by atoms with E-state index in [1.165, 1.54) is 51.4 Å². The summed E-state index contributed by atoms with van der Waals surface area (Å²) in [7, 11) is 0. The lowest BCUT2D eigenvalue weighted by Crippen LogP contribution is -2.61. The van der Waals surface area contributed by atoms with Crippen LogP contribution >= 0.6 is 0 Å². The van der Waals surface area contributed by atoms with E-state index in [2.05, 4.69) is 81.5 Å². The molecule has 0 amide bonds. The zero-order chi connectivity index (χ0) is 49.0. The molecule has 12 nitrogen and oxygen atoms in total. The summed E-state index contributed by atoms with van der Waals surface area (Å²) >= 11 is 0. The molecule has 0 radical (unpaired) electrons. The minimum absolute atomic E-state index is 0.0413. The molecule has 1 rings (SSSR count). The minimum atomic E-state index is -1.91. The molecule has 0 aromatic rings. The van der Waals surface area contributed by atoms with Gasteiger partial charge >= 0.3 is 23.9 Å². The third-order valence-corrected chi connectivity index (χ3v) is 11.6. The van der Waals surface area contributed by atoms with Gasteiger partial charge in [-0.05, 0) is 83.5 Å². The zero-order valence-corrected chi connectivity index (χ0v) is 41.9. The van der Waals surface area contributed by atoms with Crippen LogP contribution in [0.1, 0.15) is 213 Å². The van der Waals surface area contributed by atoms with Gasteiger partial charge in [-0.1, -0.05) is 171 Å². The molecule has 0 aromatic carbocycles. The van der Waals surface area contributed by atoms with Gasteiger partial charge in [-0.3, -0.25) is 14.4 Å². The number of rotatable bonds is 43. The van der Waals surface area contributed by atoms with Crippen LogP contribution in [-0.4, -0.2) is 89.2 Å². The lowest BCUT2D eigenvalue weighted by molar-refractivity contribution is -0.301. The van der Waals surface area contributed by atoms with Crippen molar-refractivity contribution in [2.75, 3.05) is 13.2 Å². The molecule has 67 heavy (non-hydrogen) atoms. The van der Waals surface area contributed by atoms with Crippen molar-refractivity contribution in [1.82, 2.24) is 0 Å². The summed E-state index contributed by atoms with van der Waals surface area (Å²) in [6, 6.07) is 0. The molecule has 1 fully saturated rings. The normalized spacial score (nSPS) is 19.3. The molecule has 6 unspecified atom stereocenters. The van der Waals surface area contributed by atoms with Crippen molar-refractivity contribution in [3.8, 4) is 0 Å². The second-order valence-electron chi connectivity index (χ2n) is 17.8. The summed E-state index contributed by atoms with van der Waals surface area (Å²) < 4.78 is 28.2. The predicted molar refractivity (Wildman–Crippen MR) is 266 cm³/mol. The number of esters is 3. The van der Waals surface area contributed by atoms with Crippen molar-refractivity contribution in [1.29, 1.82) is 0 Å². The molecule has 3 N–H and O–H groups in total. The molecular formula is C55H92O12.